The second-order valence-electron chi connectivity index (χ2n) is 6.07. The Kier molecular flexibility index (Phi) is 6.09. The highest BCUT2D eigenvalue weighted by Gasteiger charge is 2.17. The third-order valence-electron chi connectivity index (χ3n) is 4.00. The van der Waals surface area contributed by atoms with Crippen LogP contribution in [0.2, 0.25) is 5.15 Å². The van der Waals surface area contributed by atoms with E-state index in [0.29, 0.717) is 11.7 Å². The van der Waals surface area contributed by atoms with E-state index in [1.54, 1.807) is 12.4 Å². The van der Waals surface area contributed by atoms with E-state index in [-0.39, 0.29) is 6.04 Å². The van der Waals surface area contributed by atoms with Gasteiger partial charge in [-0.15, -0.1) is 0 Å². The van der Waals surface area contributed by atoms with Crippen LogP contribution in [-0.2, 0) is 13.0 Å². The van der Waals surface area contributed by atoms with Gasteiger partial charge in [0.15, 0.2) is 0 Å². The molecule has 0 fully saturated rings. The van der Waals surface area contributed by atoms with Gasteiger partial charge in [-0.25, -0.2) is 9.97 Å². The van der Waals surface area contributed by atoms with Crippen molar-refractivity contribution in [1.29, 1.82) is 0 Å². The predicted octanol–water partition coefficient (Wildman–Crippen LogP) is 3.06. The molecule has 0 aliphatic rings. The quantitative estimate of drug-likeness (QED) is 0.646. The van der Waals surface area contributed by atoms with Crippen LogP contribution in [0.5, 0.6) is 0 Å². The lowest BCUT2D eigenvalue weighted by atomic mass is 10.1. The summed E-state index contributed by atoms with van der Waals surface area (Å²) >= 11 is 6.32. The normalized spacial score (nSPS) is 12.0. The van der Waals surface area contributed by atoms with Crippen molar-refractivity contribution in [1.82, 2.24) is 25.3 Å². The van der Waals surface area contributed by atoms with Crippen LogP contribution in [0.3, 0.4) is 0 Å². The van der Waals surface area contributed by atoms with Crippen molar-refractivity contribution in [3.8, 4) is 0 Å². The molecule has 0 saturated carbocycles. The van der Waals surface area contributed by atoms with Crippen LogP contribution in [0.4, 0.5) is 5.82 Å². The van der Waals surface area contributed by atoms with E-state index in [9.17, 15) is 0 Å². The van der Waals surface area contributed by atoms with Crippen LogP contribution in [0.15, 0.2) is 55.1 Å². The van der Waals surface area contributed by atoms with Gasteiger partial charge in [0, 0.05) is 50.7 Å². The molecular weight excluding hydrogens is 348 g/mol. The summed E-state index contributed by atoms with van der Waals surface area (Å²) in [5.74, 6) is 0.801. The average Bonchev–Trinajstić information content (AvgIpc) is 2.67. The maximum absolute atomic E-state index is 6.32. The van der Waals surface area contributed by atoms with E-state index in [1.807, 2.05) is 55.4 Å². The monoisotopic (exact) mass is 368 g/mol. The fourth-order valence-corrected chi connectivity index (χ4v) is 2.93. The number of halogens is 1. The molecule has 0 aliphatic carbocycles. The molecule has 3 rings (SSSR count). The summed E-state index contributed by atoms with van der Waals surface area (Å²) in [6.45, 7) is 0.529. The molecule has 0 amide bonds. The van der Waals surface area contributed by atoms with Crippen molar-refractivity contribution in [2.24, 2.45) is 0 Å². The van der Waals surface area contributed by atoms with Gasteiger partial charge in [0.2, 0.25) is 0 Å². The highest BCUT2D eigenvalue weighted by atomic mass is 35.5. The van der Waals surface area contributed by atoms with Crippen molar-refractivity contribution in [3.63, 3.8) is 0 Å². The van der Waals surface area contributed by atoms with Crippen LogP contribution < -0.4 is 10.2 Å². The fraction of sp³-hybridized carbons (Fsp3) is 0.263. The van der Waals surface area contributed by atoms with Gasteiger partial charge in [-0.1, -0.05) is 23.7 Å². The summed E-state index contributed by atoms with van der Waals surface area (Å²) in [7, 11) is 3.87. The Labute approximate surface area is 158 Å². The second kappa shape index (κ2) is 8.69. The zero-order valence-electron chi connectivity index (χ0n) is 14.8. The van der Waals surface area contributed by atoms with Gasteiger partial charge in [-0.2, -0.15) is 0 Å². The lowest BCUT2D eigenvalue weighted by molar-refractivity contribution is 0.512. The molecule has 1 unspecified atom stereocenters. The van der Waals surface area contributed by atoms with Crippen LogP contribution in [-0.4, -0.2) is 34.0 Å². The van der Waals surface area contributed by atoms with Gasteiger partial charge in [0.25, 0.3) is 0 Å². The van der Waals surface area contributed by atoms with Gasteiger partial charge in [-0.05, 0) is 24.3 Å². The van der Waals surface area contributed by atoms with Gasteiger partial charge in [0.05, 0.1) is 11.7 Å². The minimum atomic E-state index is -0.00242. The smallest absolute Gasteiger partial charge is 0.139 e. The van der Waals surface area contributed by atoms with E-state index in [4.69, 9.17) is 11.6 Å². The third-order valence-corrected chi connectivity index (χ3v) is 4.33. The number of nitrogens with zero attached hydrogens (tertiary/aromatic N) is 5. The van der Waals surface area contributed by atoms with E-state index >= 15 is 0 Å². The third kappa shape index (κ3) is 4.53. The molecule has 0 aromatic carbocycles. The largest absolute Gasteiger partial charge is 0.362 e. The lowest BCUT2D eigenvalue weighted by Gasteiger charge is -2.21. The van der Waals surface area contributed by atoms with Gasteiger partial charge in [0.1, 0.15) is 17.3 Å². The first-order valence-electron chi connectivity index (χ1n) is 8.36. The zero-order chi connectivity index (χ0) is 18.4. The molecule has 0 spiro atoms. The molecule has 6 nitrogen and oxygen atoms in total. The van der Waals surface area contributed by atoms with E-state index in [2.05, 4.69) is 25.3 Å². The average molecular weight is 369 g/mol. The minimum Gasteiger partial charge on any atom is -0.362 e. The van der Waals surface area contributed by atoms with E-state index < -0.39 is 0 Å². The summed E-state index contributed by atoms with van der Waals surface area (Å²) in [4.78, 5) is 19.3. The molecule has 26 heavy (non-hydrogen) atoms. The number of anilines is 1. The molecule has 7 heteroatoms. The Balaban J connectivity index is 1.83. The number of pyridine rings is 2. The molecule has 3 aromatic heterocycles. The number of nitrogens with one attached hydrogen (secondary N) is 1. The second-order valence-corrected chi connectivity index (χ2v) is 6.43. The molecular formula is C19H21ClN6. The maximum atomic E-state index is 6.32. The summed E-state index contributed by atoms with van der Waals surface area (Å²) in [6.07, 6.45) is 5.80. The number of aromatic nitrogens is 4. The Bertz CT molecular complexity index is 826. The fourth-order valence-electron chi connectivity index (χ4n) is 2.74. The van der Waals surface area contributed by atoms with Crippen LogP contribution in [0, 0.1) is 0 Å². The SMILES string of the molecule is CN(C)c1ncnc(Cl)c1CNC(Cc1ccccn1)c1ccccn1. The molecule has 1 N–H and O–H groups in total. The van der Waals surface area contributed by atoms with E-state index in [1.165, 1.54) is 6.33 Å². The summed E-state index contributed by atoms with van der Waals surface area (Å²) in [6, 6.07) is 11.8. The first kappa shape index (κ1) is 18.2. The molecule has 0 saturated heterocycles. The van der Waals surface area contributed by atoms with Gasteiger partial charge < -0.3 is 10.2 Å². The molecule has 3 aromatic rings. The van der Waals surface area contributed by atoms with Crippen molar-refractivity contribution in [2.45, 2.75) is 19.0 Å². The number of hydrogen-bond acceptors (Lipinski definition) is 6. The standard InChI is InChI=1S/C19H21ClN6/c1-26(2)19-15(18(20)24-13-25-19)12-23-17(16-8-4-6-10-22-16)11-14-7-3-5-9-21-14/h3-10,13,17,23H,11-12H2,1-2H3. The van der Waals surface area contributed by atoms with Crippen molar-refractivity contribution in [3.05, 3.63) is 77.2 Å². The molecule has 3 heterocycles. The first-order valence-corrected chi connectivity index (χ1v) is 8.74. The van der Waals surface area contributed by atoms with Gasteiger partial charge >= 0.3 is 0 Å². The number of rotatable bonds is 7. The Morgan fingerprint density at radius 2 is 1.77 bits per heavy atom. The molecule has 0 bridgehead atoms. The predicted molar refractivity (Wildman–Crippen MR) is 103 cm³/mol. The Morgan fingerprint density at radius 3 is 2.42 bits per heavy atom. The summed E-state index contributed by atoms with van der Waals surface area (Å²) in [5, 5.41) is 4.00. The summed E-state index contributed by atoms with van der Waals surface area (Å²) < 4.78 is 0. The van der Waals surface area contributed by atoms with Crippen molar-refractivity contribution >= 4 is 17.4 Å². The molecule has 134 valence electrons. The van der Waals surface area contributed by atoms with Crippen LogP contribution in [0.25, 0.3) is 0 Å². The minimum absolute atomic E-state index is 0.00242. The van der Waals surface area contributed by atoms with Crippen molar-refractivity contribution < 1.29 is 0 Å². The molecule has 1 atom stereocenters. The maximum Gasteiger partial charge on any atom is 0.139 e. The van der Waals surface area contributed by atoms with Crippen LogP contribution >= 0.6 is 11.6 Å². The molecule has 0 radical (unpaired) electrons. The number of hydrogen-bond donors (Lipinski definition) is 1. The highest BCUT2D eigenvalue weighted by Crippen LogP contribution is 2.23. The highest BCUT2D eigenvalue weighted by molar-refractivity contribution is 6.30. The van der Waals surface area contributed by atoms with E-state index in [0.717, 1.165) is 29.2 Å². The van der Waals surface area contributed by atoms with Gasteiger partial charge in [-0.3, -0.25) is 9.97 Å². The van der Waals surface area contributed by atoms with Crippen molar-refractivity contribution in [2.75, 3.05) is 19.0 Å². The first-order chi connectivity index (χ1) is 12.6. The Morgan fingerprint density at radius 1 is 1.00 bits per heavy atom. The molecule has 0 aliphatic heterocycles. The lowest BCUT2D eigenvalue weighted by Crippen LogP contribution is -2.26. The zero-order valence-corrected chi connectivity index (χ0v) is 15.6. The Hall–Kier alpha value is -2.57. The summed E-state index contributed by atoms with van der Waals surface area (Å²) in [5.41, 5.74) is 2.82. The van der Waals surface area contributed by atoms with Crippen LogP contribution in [0.1, 0.15) is 23.0 Å². The topological polar surface area (TPSA) is 66.8 Å².